The molecule has 1 N–H and O–H groups in total. The Labute approximate surface area is 143 Å². The predicted octanol–water partition coefficient (Wildman–Crippen LogP) is 2.82. The average Bonchev–Trinajstić information content (AvgIpc) is 2.57. The van der Waals surface area contributed by atoms with E-state index in [0.29, 0.717) is 33.0 Å². The number of esters is 1. The Bertz CT molecular complexity index is 410. The lowest BCUT2D eigenvalue weighted by molar-refractivity contribution is -0.139. The molecular weight excluding hydrogens is 310 g/mol. The first-order chi connectivity index (χ1) is 11.7. The first-order valence-corrected chi connectivity index (χ1v) is 7.83. The zero-order valence-corrected chi connectivity index (χ0v) is 14.4. The minimum absolute atomic E-state index is 0.0956. The standard InChI is InChI=1S/C18H27NO5/c1-3-5-7-9-17(19)23-15-13-21-11-12-22-14-16-24-18(20)10-8-6-4-2/h3-10,19H,11-16H2,1-2H3. The topological polar surface area (TPSA) is 77.8 Å². The van der Waals surface area contributed by atoms with Gasteiger partial charge in [-0.3, -0.25) is 5.41 Å². The SMILES string of the molecule is CC=CC=CC(=N)OCCOCCOCCOC(=O)C=CC=CC. The van der Waals surface area contributed by atoms with Gasteiger partial charge in [-0.25, -0.2) is 4.79 Å². The van der Waals surface area contributed by atoms with Crippen molar-refractivity contribution in [3.8, 4) is 0 Å². The molecule has 0 amide bonds. The van der Waals surface area contributed by atoms with Gasteiger partial charge < -0.3 is 18.9 Å². The van der Waals surface area contributed by atoms with Crippen LogP contribution in [0.5, 0.6) is 0 Å². The van der Waals surface area contributed by atoms with E-state index >= 15 is 0 Å². The van der Waals surface area contributed by atoms with Gasteiger partial charge in [0.1, 0.15) is 13.2 Å². The lowest BCUT2D eigenvalue weighted by atomic mass is 10.4. The third-order valence-corrected chi connectivity index (χ3v) is 2.42. The highest BCUT2D eigenvalue weighted by Gasteiger charge is 1.96. The second-order valence-corrected chi connectivity index (χ2v) is 4.37. The number of hydrogen-bond acceptors (Lipinski definition) is 6. The molecule has 0 rings (SSSR count). The molecule has 0 aliphatic rings. The van der Waals surface area contributed by atoms with Gasteiger partial charge in [0.05, 0.1) is 26.4 Å². The van der Waals surface area contributed by atoms with Gasteiger partial charge in [0, 0.05) is 6.08 Å². The first kappa shape index (κ1) is 21.8. The quantitative estimate of drug-likeness (QED) is 0.140. The van der Waals surface area contributed by atoms with Crippen LogP contribution >= 0.6 is 0 Å². The highest BCUT2D eigenvalue weighted by atomic mass is 16.6. The van der Waals surface area contributed by atoms with E-state index in [4.69, 9.17) is 24.4 Å². The zero-order valence-electron chi connectivity index (χ0n) is 14.4. The molecule has 0 aromatic rings. The van der Waals surface area contributed by atoms with Crippen LogP contribution in [0.1, 0.15) is 13.8 Å². The van der Waals surface area contributed by atoms with E-state index in [2.05, 4.69) is 0 Å². The molecule has 0 spiro atoms. The Morgan fingerprint density at radius 3 is 1.83 bits per heavy atom. The van der Waals surface area contributed by atoms with E-state index in [0.717, 1.165) is 0 Å². The maximum Gasteiger partial charge on any atom is 0.330 e. The molecule has 0 unspecified atom stereocenters. The lowest BCUT2D eigenvalue weighted by Gasteiger charge is -2.07. The van der Waals surface area contributed by atoms with Gasteiger partial charge in [-0.2, -0.15) is 0 Å². The van der Waals surface area contributed by atoms with Crippen molar-refractivity contribution in [1.29, 1.82) is 5.41 Å². The normalized spacial score (nSPS) is 11.9. The fourth-order valence-corrected chi connectivity index (χ4v) is 1.33. The van der Waals surface area contributed by atoms with Gasteiger partial charge in [-0.15, -0.1) is 0 Å². The van der Waals surface area contributed by atoms with Crippen molar-refractivity contribution in [2.45, 2.75) is 13.8 Å². The molecule has 134 valence electrons. The number of carbonyl (C=O) groups is 1. The van der Waals surface area contributed by atoms with E-state index in [1.807, 2.05) is 32.1 Å². The summed E-state index contributed by atoms with van der Waals surface area (Å²) in [5.41, 5.74) is 0. The van der Waals surface area contributed by atoms with Crippen molar-refractivity contribution in [1.82, 2.24) is 0 Å². The van der Waals surface area contributed by atoms with Crippen LogP contribution in [0.2, 0.25) is 0 Å². The summed E-state index contributed by atoms with van der Waals surface area (Å²) < 4.78 is 20.6. The molecule has 0 aromatic carbocycles. The Kier molecular flexibility index (Phi) is 15.6. The summed E-state index contributed by atoms with van der Waals surface area (Å²) in [4.78, 5) is 11.2. The number of hydrogen-bond donors (Lipinski definition) is 1. The van der Waals surface area contributed by atoms with Crippen LogP contribution < -0.4 is 0 Å². The number of rotatable bonds is 13. The fourth-order valence-electron chi connectivity index (χ4n) is 1.33. The average molecular weight is 337 g/mol. The third kappa shape index (κ3) is 16.2. The van der Waals surface area contributed by atoms with E-state index in [1.54, 1.807) is 24.3 Å². The Morgan fingerprint density at radius 2 is 1.25 bits per heavy atom. The van der Waals surface area contributed by atoms with Crippen LogP contribution in [0, 0.1) is 5.41 Å². The monoisotopic (exact) mass is 337 g/mol. The summed E-state index contributed by atoms with van der Waals surface area (Å²) >= 11 is 0. The predicted molar refractivity (Wildman–Crippen MR) is 94.2 cm³/mol. The molecule has 0 atom stereocenters. The number of nitrogens with one attached hydrogen (secondary N) is 1. The summed E-state index contributed by atoms with van der Waals surface area (Å²) in [5, 5.41) is 7.47. The number of ether oxygens (including phenoxy) is 4. The first-order valence-electron chi connectivity index (χ1n) is 7.83. The third-order valence-electron chi connectivity index (χ3n) is 2.42. The van der Waals surface area contributed by atoms with Crippen molar-refractivity contribution in [2.24, 2.45) is 0 Å². The lowest BCUT2D eigenvalue weighted by Crippen LogP contribution is -2.13. The largest absolute Gasteiger partial charge is 0.476 e. The van der Waals surface area contributed by atoms with Crippen LogP contribution in [-0.2, 0) is 23.7 Å². The Balaban J connectivity index is 3.37. The Hall–Kier alpha value is -2.18. The van der Waals surface area contributed by atoms with Crippen LogP contribution in [0.25, 0.3) is 0 Å². The van der Waals surface area contributed by atoms with E-state index < -0.39 is 5.97 Å². The van der Waals surface area contributed by atoms with E-state index in [-0.39, 0.29) is 12.5 Å². The van der Waals surface area contributed by atoms with E-state index in [9.17, 15) is 4.79 Å². The van der Waals surface area contributed by atoms with Gasteiger partial charge in [0.25, 0.3) is 0 Å². The molecule has 0 bridgehead atoms. The minimum atomic E-state index is -0.393. The van der Waals surface area contributed by atoms with Gasteiger partial charge in [0.2, 0.25) is 5.90 Å². The Morgan fingerprint density at radius 1 is 0.750 bits per heavy atom. The molecule has 0 saturated heterocycles. The summed E-state index contributed by atoms with van der Waals surface area (Å²) in [5.74, 6) is -0.297. The van der Waals surface area contributed by atoms with Crippen LogP contribution in [0.3, 0.4) is 0 Å². The fraction of sp³-hybridized carbons (Fsp3) is 0.444. The molecule has 0 radical (unpaired) electrons. The van der Waals surface area contributed by atoms with Crippen molar-refractivity contribution in [2.75, 3.05) is 39.6 Å². The molecule has 0 aromatic heterocycles. The van der Waals surface area contributed by atoms with Crippen LogP contribution in [0.15, 0.2) is 48.6 Å². The molecular formula is C18H27NO5. The van der Waals surface area contributed by atoms with Crippen LogP contribution in [0.4, 0.5) is 0 Å². The second kappa shape index (κ2) is 17.2. The maximum absolute atomic E-state index is 11.2. The van der Waals surface area contributed by atoms with Gasteiger partial charge >= 0.3 is 5.97 Å². The maximum atomic E-state index is 11.2. The van der Waals surface area contributed by atoms with Crippen molar-refractivity contribution in [3.63, 3.8) is 0 Å². The summed E-state index contributed by atoms with van der Waals surface area (Å²) in [6.07, 6.45) is 13.5. The summed E-state index contributed by atoms with van der Waals surface area (Å²) in [6.45, 7) is 5.82. The molecule has 0 heterocycles. The highest BCUT2D eigenvalue weighted by Crippen LogP contribution is 1.87. The minimum Gasteiger partial charge on any atom is -0.476 e. The second-order valence-electron chi connectivity index (χ2n) is 4.37. The van der Waals surface area contributed by atoms with Crippen LogP contribution in [-0.4, -0.2) is 51.5 Å². The number of carbonyl (C=O) groups excluding carboxylic acids is 1. The molecule has 0 saturated carbocycles. The summed E-state index contributed by atoms with van der Waals surface area (Å²) in [7, 11) is 0. The molecule has 6 nitrogen and oxygen atoms in total. The smallest absolute Gasteiger partial charge is 0.330 e. The zero-order chi connectivity index (χ0) is 17.9. The van der Waals surface area contributed by atoms with Crippen molar-refractivity contribution < 1.29 is 23.7 Å². The van der Waals surface area contributed by atoms with E-state index in [1.165, 1.54) is 6.08 Å². The molecule has 0 aliphatic carbocycles. The van der Waals surface area contributed by atoms with Crippen molar-refractivity contribution >= 4 is 11.9 Å². The molecule has 0 fully saturated rings. The van der Waals surface area contributed by atoms with Gasteiger partial charge in [-0.05, 0) is 19.9 Å². The van der Waals surface area contributed by atoms with Crippen molar-refractivity contribution in [3.05, 3.63) is 48.6 Å². The molecule has 24 heavy (non-hydrogen) atoms. The highest BCUT2D eigenvalue weighted by molar-refractivity contribution is 5.84. The number of allylic oxidation sites excluding steroid dienone is 6. The molecule has 0 aliphatic heterocycles. The summed E-state index contributed by atoms with van der Waals surface area (Å²) in [6, 6.07) is 0. The van der Waals surface area contributed by atoms with Gasteiger partial charge in [0.15, 0.2) is 0 Å². The molecule has 6 heteroatoms. The van der Waals surface area contributed by atoms with Gasteiger partial charge in [-0.1, -0.05) is 36.5 Å².